The second-order valence-electron chi connectivity index (χ2n) is 6.40. The average Bonchev–Trinajstić information content (AvgIpc) is 3.44. The standard InChI is InChI=1S/C19H18ClN5O3/c1-27-16-4-2-3-13(22-16)10-21-19(26)23-15-9-12(20)7-8-14(15)18-24-17(25-28-18)11-5-6-11/h2-4,7-9,11H,5-6,10H2,1H3,(H2,21,23,26). The maximum absolute atomic E-state index is 12.4. The predicted octanol–water partition coefficient (Wildman–Crippen LogP) is 3.99. The van der Waals surface area contributed by atoms with Crippen molar-refractivity contribution in [1.29, 1.82) is 0 Å². The summed E-state index contributed by atoms with van der Waals surface area (Å²) >= 11 is 6.10. The van der Waals surface area contributed by atoms with E-state index < -0.39 is 6.03 Å². The Bertz CT molecular complexity index is 1000. The maximum atomic E-state index is 12.4. The van der Waals surface area contributed by atoms with Gasteiger partial charge in [-0.25, -0.2) is 9.78 Å². The van der Waals surface area contributed by atoms with Crippen LogP contribution in [0.2, 0.25) is 5.02 Å². The van der Waals surface area contributed by atoms with Gasteiger partial charge in [0.25, 0.3) is 5.89 Å². The summed E-state index contributed by atoms with van der Waals surface area (Å²) in [5, 5.41) is 10.0. The van der Waals surface area contributed by atoms with Crippen molar-refractivity contribution in [2.45, 2.75) is 25.3 Å². The lowest BCUT2D eigenvalue weighted by atomic mass is 10.1. The van der Waals surface area contributed by atoms with E-state index in [0.29, 0.717) is 45.5 Å². The van der Waals surface area contributed by atoms with E-state index >= 15 is 0 Å². The van der Waals surface area contributed by atoms with E-state index in [0.717, 1.165) is 12.8 Å². The minimum Gasteiger partial charge on any atom is -0.481 e. The first kappa shape index (κ1) is 18.2. The summed E-state index contributed by atoms with van der Waals surface area (Å²) in [6.07, 6.45) is 2.15. The van der Waals surface area contributed by atoms with Gasteiger partial charge in [-0.2, -0.15) is 4.98 Å². The molecule has 0 spiro atoms. The number of anilines is 1. The molecule has 0 saturated heterocycles. The minimum absolute atomic E-state index is 0.241. The summed E-state index contributed by atoms with van der Waals surface area (Å²) in [5.74, 6) is 1.91. The van der Waals surface area contributed by atoms with Crippen LogP contribution in [0.15, 0.2) is 40.9 Å². The molecule has 2 N–H and O–H groups in total. The molecule has 0 unspecified atom stereocenters. The molecule has 1 aliphatic carbocycles. The zero-order valence-electron chi connectivity index (χ0n) is 15.1. The maximum Gasteiger partial charge on any atom is 0.319 e. The van der Waals surface area contributed by atoms with Crippen LogP contribution in [-0.2, 0) is 6.54 Å². The second kappa shape index (κ2) is 7.85. The van der Waals surface area contributed by atoms with Gasteiger partial charge in [0.15, 0.2) is 5.82 Å². The topological polar surface area (TPSA) is 102 Å². The van der Waals surface area contributed by atoms with Crippen LogP contribution in [0.1, 0.15) is 30.3 Å². The number of hydrogen-bond donors (Lipinski definition) is 2. The van der Waals surface area contributed by atoms with Gasteiger partial charge >= 0.3 is 6.03 Å². The number of carbonyl (C=O) groups excluding carboxylic acids is 1. The van der Waals surface area contributed by atoms with E-state index in [2.05, 4.69) is 25.8 Å². The highest BCUT2D eigenvalue weighted by Gasteiger charge is 2.29. The molecule has 0 bridgehead atoms. The van der Waals surface area contributed by atoms with Gasteiger partial charge in [-0.05, 0) is 37.1 Å². The fraction of sp³-hybridized carbons (Fsp3) is 0.263. The lowest BCUT2D eigenvalue weighted by Crippen LogP contribution is -2.28. The Morgan fingerprint density at radius 3 is 2.93 bits per heavy atom. The Kier molecular flexibility index (Phi) is 5.12. The van der Waals surface area contributed by atoms with Crippen LogP contribution >= 0.6 is 11.6 Å². The number of carbonyl (C=O) groups is 1. The van der Waals surface area contributed by atoms with Crippen molar-refractivity contribution in [2.24, 2.45) is 0 Å². The molecule has 1 fully saturated rings. The van der Waals surface area contributed by atoms with Crippen LogP contribution in [-0.4, -0.2) is 28.3 Å². The first-order valence-electron chi connectivity index (χ1n) is 8.80. The molecule has 4 rings (SSSR count). The van der Waals surface area contributed by atoms with Crippen LogP contribution < -0.4 is 15.4 Å². The highest BCUT2D eigenvalue weighted by Crippen LogP contribution is 2.39. The fourth-order valence-corrected chi connectivity index (χ4v) is 2.84. The summed E-state index contributed by atoms with van der Waals surface area (Å²) in [7, 11) is 1.54. The highest BCUT2D eigenvalue weighted by molar-refractivity contribution is 6.31. The van der Waals surface area contributed by atoms with E-state index in [1.54, 1.807) is 37.4 Å². The molecule has 9 heteroatoms. The lowest BCUT2D eigenvalue weighted by molar-refractivity contribution is 0.251. The van der Waals surface area contributed by atoms with Gasteiger partial charge in [0.2, 0.25) is 5.88 Å². The number of nitrogens with zero attached hydrogens (tertiary/aromatic N) is 3. The normalized spacial score (nSPS) is 13.2. The van der Waals surface area contributed by atoms with Crippen molar-refractivity contribution in [3.63, 3.8) is 0 Å². The number of hydrogen-bond acceptors (Lipinski definition) is 6. The average molecular weight is 400 g/mol. The monoisotopic (exact) mass is 399 g/mol. The number of nitrogens with one attached hydrogen (secondary N) is 2. The number of urea groups is 1. The van der Waals surface area contributed by atoms with E-state index in [4.69, 9.17) is 20.9 Å². The minimum atomic E-state index is -0.407. The first-order chi connectivity index (χ1) is 13.6. The van der Waals surface area contributed by atoms with Gasteiger partial charge < -0.3 is 19.9 Å². The number of rotatable bonds is 6. The van der Waals surface area contributed by atoms with Gasteiger partial charge in [-0.3, -0.25) is 0 Å². The van der Waals surface area contributed by atoms with E-state index in [-0.39, 0.29) is 6.54 Å². The van der Waals surface area contributed by atoms with E-state index in [1.165, 1.54) is 0 Å². The molecular formula is C19H18ClN5O3. The molecule has 3 aromatic rings. The lowest BCUT2D eigenvalue weighted by Gasteiger charge is -2.11. The molecule has 1 aromatic carbocycles. The van der Waals surface area contributed by atoms with Crippen LogP contribution in [0.25, 0.3) is 11.5 Å². The third-order valence-electron chi connectivity index (χ3n) is 4.26. The molecule has 1 saturated carbocycles. The second-order valence-corrected chi connectivity index (χ2v) is 6.84. The largest absolute Gasteiger partial charge is 0.481 e. The van der Waals surface area contributed by atoms with E-state index in [1.807, 2.05) is 6.07 Å². The van der Waals surface area contributed by atoms with Crippen molar-refractivity contribution in [3.05, 3.63) is 52.9 Å². The predicted molar refractivity (Wildman–Crippen MR) is 103 cm³/mol. The Hall–Kier alpha value is -3.13. The van der Waals surface area contributed by atoms with Gasteiger partial charge in [0.1, 0.15) is 0 Å². The molecule has 2 heterocycles. The number of methoxy groups -OCH3 is 1. The number of benzene rings is 1. The summed E-state index contributed by atoms with van der Waals surface area (Å²) in [6.45, 7) is 0.241. The number of ether oxygens (including phenoxy) is 1. The van der Waals surface area contributed by atoms with Crippen LogP contribution in [0.3, 0.4) is 0 Å². The van der Waals surface area contributed by atoms with Crippen LogP contribution in [0, 0.1) is 0 Å². The highest BCUT2D eigenvalue weighted by atomic mass is 35.5. The van der Waals surface area contributed by atoms with Crippen LogP contribution in [0.4, 0.5) is 10.5 Å². The van der Waals surface area contributed by atoms with Crippen molar-refractivity contribution in [3.8, 4) is 17.3 Å². The molecule has 2 amide bonds. The molecule has 0 radical (unpaired) electrons. The SMILES string of the molecule is COc1cccc(CNC(=O)Nc2cc(Cl)ccc2-c2nc(C3CC3)no2)n1. The molecular weight excluding hydrogens is 382 g/mol. The Balaban J connectivity index is 1.47. The van der Waals surface area contributed by atoms with E-state index in [9.17, 15) is 4.79 Å². The molecule has 1 aliphatic rings. The van der Waals surface area contributed by atoms with Crippen molar-refractivity contribution in [1.82, 2.24) is 20.4 Å². The molecule has 28 heavy (non-hydrogen) atoms. The zero-order chi connectivity index (χ0) is 19.5. The van der Waals surface area contributed by atoms with Crippen molar-refractivity contribution >= 4 is 23.3 Å². The number of pyridine rings is 1. The molecule has 8 nitrogen and oxygen atoms in total. The molecule has 2 aromatic heterocycles. The molecule has 144 valence electrons. The van der Waals surface area contributed by atoms with Gasteiger partial charge in [0.05, 0.1) is 30.6 Å². The Morgan fingerprint density at radius 2 is 2.14 bits per heavy atom. The third kappa shape index (κ3) is 4.23. The van der Waals surface area contributed by atoms with Gasteiger partial charge in [-0.15, -0.1) is 0 Å². The van der Waals surface area contributed by atoms with Crippen LogP contribution in [0.5, 0.6) is 5.88 Å². The Labute approximate surface area is 166 Å². The summed E-state index contributed by atoms with van der Waals surface area (Å²) in [6, 6.07) is 10.0. The zero-order valence-corrected chi connectivity index (χ0v) is 15.9. The van der Waals surface area contributed by atoms with Gasteiger partial charge in [-0.1, -0.05) is 22.8 Å². The number of aromatic nitrogens is 3. The first-order valence-corrected chi connectivity index (χ1v) is 9.18. The number of amides is 2. The Morgan fingerprint density at radius 1 is 1.29 bits per heavy atom. The van der Waals surface area contributed by atoms with Crippen molar-refractivity contribution in [2.75, 3.05) is 12.4 Å². The summed E-state index contributed by atoms with van der Waals surface area (Å²) < 4.78 is 10.5. The number of halogens is 1. The quantitative estimate of drug-likeness (QED) is 0.649. The summed E-state index contributed by atoms with van der Waals surface area (Å²) in [5.41, 5.74) is 1.76. The van der Waals surface area contributed by atoms with Gasteiger partial charge in [0, 0.05) is 17.0 Å². The third-order valence-corrected chi connectivity index (χ3v) is 4.50. The smallest absolute Gasteiger partial charge is 0.319 e. The molecule has 0 atom stereocenters. The fourth-order valence-electron chi connectivity index (χ4n) is 2.67. The summed E-state index contributed by atoms with van der Waals surface area (Å²) in [4.78, 5) is 21.1. The van der Waals surface area contributed by atoms with Crippen molar-refractivity contribution < 1.29 is 14.1 Å². The molecule has 0 aliphatic heterocycles.